The first-order chi connectivity index (χ1) is 5.94. The number of hydrogen-bond acceptors (Lipinski definition) is 3. The fourth-order valence-electron chi connectivity index (χ4n) is 0.950. The molecule has 0 fully saturated rings. The average Bonchev–Trinajstić information content (AvgIpc) is 2.04. The van der Waals surface area contributed by atoms with E-state index in [-0.39, 0.29) is 5.75 Å². The molecule has 0 heterocycles. The van der Waals surface area contributed by atoms with Crippen LogP contribution in [0.5, 0.6) is 5.75 Å². The first-order valence-corrected chi connectivity index (χ1v) is 3.83. The van der Waals surface area contributed by atoms with Crippen molar-refractivity contribution in [1.82, 2.24) is 0 Å². The number of rotatable bonds is 2. The molecule has 1 amide bonds. The van der Waals surface area contributed by atoms with Gasteiger partial charge in [-0.15, -0.1) is 0 Å². The molecule has 0 aliphatic carbocycles. The van der Waals surface area contributed by atoms with Gasteiger partial charge in [0.15, 0.2) is 0 Å². The van der Waals surface area contributed by atoms with Crippen molar-refractivity contribution >= 4 is 5.91 Å². The Kier molecular flexibility index (Phi) is 2.25. The molecule has 1 rings (SSSR count). The van der Waals surface area contributed by atoms with Crippen LogP contribution in [0, 0.1) is 0 Å². The van der Waals surface area contributed by atoms with E-state index in [4.69, 9.17) is 16.6 Å². The van der Waals surface area contributed by atoms with Crippen molar-refractivity contribution in [2.24, 2.45) is 11.5 Å². The number of aromatic hydroxyl groups is 1. The second kappa shape index (κ2) is 3.06. The van der Waals surface area contributed by atoms with Gasteiger partial charge in [-0.3, -0.25) is 4.79 Å². The van der Waals surface area contributed by atoms with Crippen LogP contribution in [0.3, 0.4) is 0 Å². The molecule has 0 aliphatic rings. The molecule has 5 N–H and O–H groups in total. The average molecular weight is 180 g/mol. The van der Waals surface area contributed by atoms with Crippen molar-refractivity contribution in [3.63, 3.8) is 0 Å². The minimum atomic E-state index is -1.19. The van der Waals surface area contributed by atoms with Crippen molar-refractivity contribution in [1.29, 1.82) is 0 Å². The Bertz CT molecular complexity index is 317. The lowest BCUT2D eigenvalue weighted by Gasteiger charge is -2.20. The van der Waals surface area contributed by atoms with Gasteiger partial charge < -0.3 is 16.6 Å². The van der Waals surface area contributed by atoms with Crippen molar-refractivity contribution in [2.45, 2.75) is 12.5 Å². The summed E-state index contributed by atoms with van der Waals surface area (Å²) in [4.78, 5) is 10.9. The van der Waals surface area contributed by atoms with Crippen LogP contribution in [-0.2, 0) is 10.3 Å². The maximum absolute atomic E-state index is 10.9. The lowest BCUT2D eigenvalue weighted by atomic mass is 9.93. The largest absolute Gasteiger partial charge is 0.508 e. The third-order valence-electron chi connectivity index (χ3n) is 1.98. The number of hydrogen-bond donors (Lipinski definition) is 3. The van der Waals surface area contributed by atoms with Crippen LogP contribution >= 0.6 is 0 Å². The topological polar surface area (TPSA) is 89.3 Å². The molecule has 4 nitrogen and oxygen atoms in total. The summed E-state index contributed by atoms with van der Waals surface area (Å²) < 4.78 is 0. The number of nitrogens with two attached hydrogens (primary N) is 2. The molecule has 0 saturated carbocycles. The van der Waals surface area contributed by atoms with Crippen molar-refractivity contribution in [3.8, 4) is 5.75 Å². The summed E-state index contributed by atoms with van der Waals surface area (Å²) in [7, 11) is 0. The van der Waals surface area contributed by atoms with Crippen LogP contribution in [-0.4, -0.2) is 11.0 Å². The highest BCUT2D eigenvalue weighted by atomic mass is 16.3. The highest BCUT2D eigenvalue weighted by Crippen LogP contribution is 2.19. The van der Waals surface area contributed by atoms with Gasteiger partial charge >= 0.3 is 0 Å². The third-order valence-corrected chi connectivity index (χ3v) is 1.98. The molecule has 4 heteroatoms. The van der Waals surface area contributed by atoms with E-state index in [2.05, 4.69) is 0 Å². The Morgan fingerprint density at radius 2 is 1.85 bits per heavy atom. The number of benzene rings is 1. The SMILES string of the molecule is C[C@](N)(C(N)=O)c1ccc(O)cc1. The van der Waals surface area contributed by atoms with Gasteiger partial charge in [-0.25, -0.2) is 0 Å². The van der Waals surface area contributed by atoms with Gasteiger partial charge in [0.05, 0.1) is 0 Å². The zero-order valence-corrected chi connectivity index (χ0v) is 7.32. The normalized spacial score (nSPS) is 14.9. The molecular weight excluding hydrogens is 168 g/mol. The van der Waals surface area contributed by atoms with Gasteiger partial charge in [-0.2, -0.15) is 0 Å². The molecule has 0 radical (unpaired) electrons. The first-order valence-electron chi connectivity index (χ1n) is 3.83. The van der Waals surface area contributed by atoms with E-state index < -0.39 is 11.4 Å². The molecule has 13 heavy (non-hydrogen) atoms. The molecule has 0 spiro atoms. The molecular formula is C9H12N2O2. The molecule has 0 aliphatic heterocycles. The predicted molar refractivity (Wildman–Crippen MR) is 48.8 cm³/mol. The molecule has 1 aromatic rings. The zero-order valence-electron chi connectivity index (χ0n) is 7.32. The van der Waals surface area contributed by atoms with Crippen LogP contribution in [0.1, 0.15) is 12.5 Å². The van der Waals surface area contributed by atoms with Gasteiger partial charge in [0.1, 0.15) is 11.3 Å². The smallest absolute Gasteiger partial charge is 0.241 e. The van der Waals surface area contributed by atoms with Gasteiger partial charge in [0, 0.05) is 0 Å². The van der Waals surface area contributed by atoms with Gasteiger partial charge in [0.25, 0.3) is 0 Å². The predicted octanol–water partition coefficient (Wildman–Crippen LogP) is 0.0514. The molecule has 0 unspecified atom stereocenters. The molecule has 70 valence electrons. The van der Waals surface area contributed by atoms with E-state index >= 15 is 0 Å². The third kappa shape index (κ3) is 1.78. The summed E-state index contributed by atoms with van der Waals surface area (Å²) in [6.45, 7) is 1.53. The van der Waals surface area contributed by atoms with Crippen molar-refractivity contribution in [3.05, 3.63) is 29.8 Å². The Labute approximate surface area is 76.2 Å². The van der Waals surface area contributed by atoms with Gasteiger partial charge in [0.2, 0.25) is 5.91 Å². The van der Waals surface area contributed by atoms with E-state index in [0.29, 0.717) is 5.56 Å². The molecule has 0 bridgehead atoms. The summed E-state index contributed by atoms with van der Waals surface area (Å²) in [5, 5.41) is 9.00. The van der Waals surface area contributed by atoms with E-state index in [9.17, 15) is 4.79 Å². The lowest BCUT2D eigenvalue weighted by molar-refractivity contribution is -0.122. The van der Waals surface area contributed by atoms with Crippen molar-refractivity contribution < 1.29 is 9.90 Å². The number of carbonyl (C=O) groups excluding carboxylic acids is 1. The Morgan fingerprint density at radius 1 is 1.38 bits per heavy atom. The second-order valence-corrected chi connectivity index (χ2v) is 3.11. The molecule has 0 saturated heterocycles. The quantitative estimate of drug-likeness (QED) is 0.600. The van der Waals surface area contributed by atoms with E-state index in [1.807, 2.05) is 0 Å². The summed E-state index contributed by atoms with van der Waals surface area (Å²) in [5.41, 5.74) is 10.2. The summed E-state index contributed by atoms with van der Waals surface area (Å²) >= 11 is 0. The standard InChI is InChI=1S/C9H12N2O2/c1-9(11,8(10)13)6-2-4-7(12)5-3-6/h2-5,12H,11H2,1H3,(H2,10,13)/t9-/m1/s1. The second-order valence-electron chi connectivity index (χ2n) is 3.11. The Balaban J connectivity index is 3.08. The maximum atomic E-state index is 10.9. The summed E-state index contributed by atoms with van der Waals surface area (Å²) in [6, 6.07) is 6.06. The number of primary amides is 1. The summed E-state index contributed by atoms with van der Waals surface area (Å²) in [6.07, 6.45) is 0. The fraction of sp³-hybridized carbons (Fsp3) is 0.222. The van der Waals surface area contributed by atoms with E-state index in [0.717, 1.165) is 0 Å². The van der Waals surface area contributed by atoms with Gasteiger partial charge in [-0.1, -0.05) is 12.1 Å². The van der Waals surface area contributed by atoms with Crippen molar-refractivity contribution in [2.75, 3.05) is 0 Å². The number of carbonyl (C=O) groups is 1. The highest BCUT2D eigenvalue weighted by Gasteiger charge is 2.27. The summed E-state index contributed by atoms with van der Waals surface area (Å²) in [5.74, 6) is -0.470. The van der Waals surface area contributed by atoms with Crippen LogP contribution in [0.2, 0.25) is 0 Å². The molecule has 1 aromatic carbocycles. The van der Waals surface area contributed by atoms with E-state index in [1.165, 1.54) is 19.1 Å². The van der Waals surface area contributed by atoms with E-state index in [1.54, 1.807) is 12.1 Å². The number of amides is 1. The Morgan fingerprint density at radius 3 is 2.23 bits per heavy atom. The Hall–Kier alpha value is -1.55. The molecule has 0 aromatic heterocycles. The fourth-order valence-corrected chi connectivity index (χ4v) is 0.950. The monoisotopic (exact) mass is 180 g/mol. The maximum Gasteiger partial charge on any atom is 0.241 e. The van der Waals surface area contributed by atoms with Gasteiger partial charge in [-0.05, 0) is 24.6 Å². The minimum Gasteiger partial charge on any atom is -0.508 e. The lowest BCUT2D eigenvalue weighted by Crippen LogP contribution is -2.46. The van der Waals surface area contributed by atoms with Crippen LogP contribution in [0.15, 0.2) is 24.3 Å². The number of phenolic OH excluding ortho intramolecular Hbond substituents is 1. The highest BCUT2D eigenvalue weighted by molar-refractivity contribution is 5.85. The zero-order chi connectivity index (χ0) is 10.1. The molecule has 1 atom stereocenters. The van der Waals surface area contributed by atoms with Crippen LogP contribution < -0.4 is 11.5 Å². The minimum absolute atomic E-state index is 0.129. The first kappa shape index (κ1) is 9.54. The number of phenols is 1. The van der Waals surface area contributed by atoms with Crippen LogP contribution in [0.25, 0.3) is 0 Å². The van der Waals surface area contributed by atoms with Crippen LogP contribution in [0.4, 0.5) is 0 Å².